The van der Waals surface area contributed by atoms with Crippen LogP contribution in [-0.2, 0) is 6.42 Å². The zero-order chi connectivity index (χ0) is 11.5. The van der Waals surface area contributed by atoms with E-state index in [2.05, 4.69) is 19.9 Å². The number of rotatable bonds is 3. The zero-order valence-corrected chi connectivity index (χ0v) is 10.3. The summed E-state index contributed by atoms with van der Waals surface area (Å²) in [7, 11) is 0. The second-order valence-corrected chi connectivity index (χ2v) is 4.75. The van der Waals surface area contributed by atoms with Gasteiger partial charge >= 0.3 is 0 Å². The van der Waals surface area contributed by atoms with E-state index in [1.165, 1.54) is 22.5 Å². The minimum atomic E-state index is 0.126. The van der Waals surface area contributed by atoms with E-state index in [9.17, 15) is 4.79 Å². The van der Waals surface area contributed by atoms with Gasteiger partial charge in [-0.25, -0.2) is 0 Å². The van der Waals surface area contributed by atoms with Crippen molar-refractivity contribution in [3.8, 4) is 0 Å². The molecular formula is C14H14OS. The highest BCUT2D eigenvalue weighted by atomic mass is 32.1. The predicted molar refractivity (Wildman–Crippen MR) is 68.3 cm³/mol. The third-order valence-electron chi connectivity index (χ3n) is 2.73. The minimum absolute atomic E-state index is 0.126. The van der Waals surface area contributed by atoms with Crippen molar-refractivity contribution in [1.82, 2.24) is 0 Å². The van der Waals surface area contributed by atoms with Crippen LogP contribution in [0.1, 0.15) is 33.3 Å². The number of ketones is 1. The van der Waals surface area contributed by atoms with E-state index < -0.39 is 0 Å². The van der Waals surface area contributed by atoms with Crippen LogP contribution in [0.4, 0.5) is 0 Å². The summed E-state index contributed by atoms with van der Waals surface area (Å²) in [5, 5.41) is 1.93. The maximum absolute atomic E-state index is 12.1. The van der Waals surface area contributed by atoms with Gasteiger partial charge in [0.15, 0.2) is 0 Å². The highest BCUT2D eigenvalue weighted by Crippen LogP contribution is 2.18. The molecule has 0 atom stereocenters. The molecule has 1 nitrogen and oxygen atoms in total. The van der Waals surface area contributed by atoms with E-state index in [0.29, 0.717) is 0 Å². The van der Waals surface area contributed by atoms with Crippen LogP contribution in [0.3, 0.4) is 0 Å². The molecule has 82 valence electrons. The molecular weight excluding hydrogens is 216 g/mol. The van der Waals surface area contributed by atoms with Crippen molar-refractivity contribution in [2.75, 3.05) is 0 Å². The normalized spacial score (nSPS) is 10.4. The van der Waals surface area contributed by atoms with Gasteiger partial charge in [-0.3, -0.25) is 4.79 Å². The van der Waals surface area contributed by atoms with E-state index in [0.717, 1.165) is 16.9 Å². The van der Waals surface area contributed by atoms with Crippen LogP contribution in [0.2, 0.25) is 0 Å². The molecule has 1 aromatic carbocycles. The first-order valence-electron chi connectivity index (χ1n) is 5.40. The van der Waals surface area contributed by atoms with E-state index in [1.54, 1.807) is 0 Å². The average molecular weight is 230 g/mol. The molecule has 0 unspecified atom stereocenters. The van der Waals surface area contributed by atoms with Gasteiger partial charge in [0.05, 0.1) is 4.88 Å². The minimum Gasteiger partial charge on any atom is -0.288 e. The van der Waals surface area contributed by atoms with Crippen molar-refractivity contribution >= 4 is 17.1 Å². The van der Waals surface area contributed by atoms with Crippen LogP contribution >= 0.6 is 11.3 Å². The van der Waals surface area contributed by atoms with Gasteiger partial charge in [-0.05, 0) is 42.0 Å². The quantitative estimate of drug-likeness (QED) is 0.732. The molecule has 0 aliphatic heterocycles. The monoisotopic (exact) mass is 230 g/mol. The first kappa shape index (κ1) is 11.1. The molecule has 0 aliphatic carbocycles. The largest absolute Gasteiger partial charge is 0.288 e. The summed E-state index contributed by atoms with van der Waals surface area (Å²) in [6, 6.07) is 9.74. The van der Waals surface area contributed by atoms with Gasteiger partial charge in [0.2, 0.25) is 5.78 Å². The number of hydrogen-bond donors (Lipinski definition) is 0. The second-order valence-electron chi connectivity index (χ2n) is 3.80. The van der Waals surface area contributed by atoms with E-state index in [4.69, 9.17) is 0 Å². The highest BCUT2D eigenvalue weighted by molar-refractivity contribution is 7.12. The molecule has 2 aromatic rings. The summed E-state index contributed by atoms with van der Waals surface area (Å²) < 4.78 is 0. The molecule has 0 aliphatic rings. The van der Waals surface area contributed by atoms with Gasteiger partial charge in [-0.1, -0.05) is 25.1 Å². The van der Waals surface area contributed by atoms with Gasteiger partial charge in [-0.2, -0.15) is 0 Å². The molecule has 0 N–H and O–H groups in total. The fourth-order valence-corrected chi connectivity index (χ4v) is 2.47. The number of carbonyl (C=O) groups is 1. The van der Waals surface area contributed by atoms with E-state index in [1.807, 2.05) is 29.6 Å². The van der Waals surface area contributed by atoms with Crippen molar-refractivity contribution < 1.29 is 4.79 Å². The topological polar surface area (TPSA) is 17.1 Å². The summed E-state index contributed by atoms with van der Waals surface area (Å²) in [6.45, 7) is 4.19. The van der Waals surface area contributed by atoms with Gasteiger partial charge in [-0.15, -0.1) is 11.3 Å². The molecule has 0 saturated heterocycles. The Kier molecular flexibility index (Phi) is 3.20. The summed E-state index contributed by atoms with van der Waals surface area (Å²) >= 11 is 1.49. The molecule has 16 heavy (non-hydrogen) atoms. The fourth-order valence-electron chi connectivity index (χ4n) is 1.78. The fraction of sp³-hybridized carbons (Fsp3) is 0.214. The van der Waals surface area contributed by atoms with Crippen LogP contribution in [0.25, 0.3) is 0 Å². The van der Waals surface area contributed by atoms with Crippen LogP contribution in [-0.4, -0.2) is 5.78 Å². The maximum atomic E-state index is 12.1. The van der Waals surface area contributed by atoms with Gasteiger partial charge < -0.3 is 0 Å². The number of aryl methyl sites for hydroxylation is 2. The van der Waals surface area contributed by atoms with Crippen molar-refractivity contribution in [2.45, 2.75) is 20.3 Å². The molecule has 0 fully saturated rings. The molecule has 0 amide bonds. The summed E-state index contributed by atoms with van der Waals surface area (Å²) in [4.78, 5) is 12.9. The molecule has 2 rings (SSSR count). The third-order valence-corrected chi connectivity index (χ3v) is 3.60. The molecule has 1 aromatic heterocycles. The molecule has 0 spiro atoms. The second kappa shape index (κ2) is 4.62. The highest BCUT2D eigenvalue weighted by Gasteiger charge is 2.10. The summed E-state index contributed by atoms with van der Waals surface area (Å²) in [5.41, 5.74) is 3.30. The Bertz CT molecular complexity index is 497. The first-order chi connectivity index (χ1) is 7.72. The van der Waals surface area contributed by atoms with E-state index >= 15 is 0 Å². The Morgan fingerprint density at radius 2 is 2.12 bits per heavy atom. The summed E-state index contributed by atoms with van der Waals surface area (Å²) in [6.07, 6.45) is 1.01. The van der Waals surface area contributed by atoms with Gasteiger partial charge in [0.25, 0.3) is 0 Å². The average Bonchev–Trinajstić information content (AvgIpc) is 2.81. The Labute approximate surface area is 99.8 Å². The number of carbonyl (C=O) groups excluding carboxylic acids is 1. The lowest BCUT2D eigenvalue weighted by Crippen LogP contribution is -2.00. The lowest BCUT2D eigenvalue weighted by atomic mass is 10.0. The van der Waals surface area contributed by atoms with Gasteiger partial charge in [0.1, 0.15) is 0 Å². The molecule has 0 bridgehead atoms. The third kappa shape index (κ3) is 2.07. The van der Waals surface area contributed by atoms with Crippen molar-refractivity contribution in [3.63, 3.8) is 0 Å². The number of hydrogen-bond acceptors (Lipinski definition) is 2. The van der Waals surface area contributed by atoms with Crippen LogP contribution < -0.4 is 0 Å². The standard InChI is InChI=1S/C14H14OS/c1-3-11-6-7-12(9-10(11)2)14(15)13-5-4-8-16-13/h4-9H,3H2,1-2H3. The van der Waals surface area contributed by atoms with Gasteiger partial charge in [0, 0.05) is 5.56 Å². The molecule has 0 saturated carbocycles. The Hall–Kier alpha value is -1.41. The van der Waals surface area contributed by atoms with Crippen molar-refractivity contribution in [3.05, 3.63) is 57.3 Å². The van der Waals surface area contributed by atoms with Crippen LogP contribution in [0.15, 0.2) is 35.7 Å². The number of benzene rings is 1. The van der Waals surface area contributed by atoms with Crippen molar-refractivity contribution in [1.29, 1.82) is 0 Å². The Balaban J connectivity index is 2.35. The Morgan fingerprint density at radius 3 is 2.69 bits per heavy atom. The van der Waals surface area contributed by atoms with E-state index in [-0.39, 0.29) is 5.78 Å². The molecule has 1 heterocycles. The smallest absolute Gasteiger partial charge is 0.202 e. The van der Waals surface area contributed by atoms with Crippen LogP contribution in [0.5, 0.6) is 0 Å². The maximum Gasteiger partial charge on any atom is 0.202 e. The molecule has 0 radical (unpaired) electrons. The first-order valence-corrected chi connectivity index (χ1v) is 6.28. The summed E-state index contributed by atoms with van der Waals surface area (Å²) in [5.74, 6) is 0.126. The number of thiophene rings is 1. The zero-order valence-electron chi connectivity index (χ0n) is 9.49. The SMILES string of the molecule is CCc1ccc(C(=O)c2cccs2)cc1C. The molecule has 2 heteroatoms. The predicted octanol–water partition coefficient (Wildman–Crippen LogP) is 3.85. The van der Waals surface area contributed by atoms with Crippen LogP contribution in [0, 0.1) is 6.92 Å². The van der Waals surface area contributed by atoms with Crippen molar-refractivity contribution in [2.24, 2.45) is 0 Å². The lowest BCUT2D eigenvalue weighted by Gasteiger charge is -2.05. The lowest BCUT2D eigenvalue weighted by molar-refractivity contribution is 0.104. The Morgan fingerprint density at radius 1 is 1.31 bits per heavy atom.